The SMILES string of the molecule is O=C(c1ccc(Cc2ccccc2F)nc1)N1CCCC2(CC1)CN(c1ccccc1)C(=O)O2. The summed E-state index contributed by atoms with van der Waals surface area (Å²) in [5.74, 6) is -0.354. The number of amides is 2. The molecule has 3 aromatic rings. The van der Waals surface area contributed by atoms with E-state index in [4.69, 9.17) is 4.74 Å². The van der Waals surface area contributed by atoms with Gasteiger partial charge < -0.3 is 9.64 Å². The standard InChI is InChI=1S/C27H26FN3O3/c28-24-10-5-4-7-20(24)17-22-12-11-21(18-29-22)25(32)30-15-6-13-27(14-16-30)19-31(26(33)34-27)23-8-2-1-3-9-23/h1-5,7-12,18H,6,13-17,19H2. The number of aromatic nitrogens is 1. The van der Waals surface area contributed by atoms with Crippen LogP contribution in [0.4, 0.5) is 14.9 Å². The van der Waals surface area contributed by atoms with Crippen LogP contribution in [-0.2, 0) is 11.2 Å². The first-order valence-corrected chi connectivity index (χ1v) is 11.6. The van der Waals surface area contributed by atoms with Crippen molar-refractivity contribution in [2.75, 3.05) is 24.5 Å². The van der Waals surface area contributed by atoms with Crippen LogP contribution in [0, 0.1) is 5.82 Å². The summed E-state index contributed by atoms with van der Waals surface area (Å²) in [4.78, 5) is 33.6. The van der Waals surface area contributed by atoms with Gasteiger partial charge in [-0.2, -0.15) is 0 Å². The van der Waals surface area contributed by atoms with Crippen LogP contribution < -0.4 is 4.90 Å². The smallest absolute Gasteiger partial charge is 0.415 e. The van der Waals surface area contributed by atoms with Crippen LogP contribution in [0.5, 0.6) is 0 Å². The maximum atomic E-state index is 13.9. The summed E-state index contributed by atoms with van der Waals surface area (Å²) >= 11 is 0. The molecular weight excluding hydrogens is 433 g/mol. The molecule has 0 aliphatic carbocycles. The number of nitrogens with zero attached hydrogens (tertiary/aromatic N) is 3. The van der Waals surface area contributed by atoms with E-state index in [0.717, 1.165) is 12.1 Å². The van der Waals surface area contributed by atoms with Crippen molar-refractivity contribution in [1.29, 1.82) is 0 Å². The third-order valence-electron chi connectivity index (χ3n) is 6.62. The summed E-state index contributed by atoms with van der Waals surface area (Å²) in [5, 5.41) is 0. The molecular formula is C27H26FN3O3. The fourth-order valence-electron chi connectivity index (χ4n) is 4.74. The average Bonchev–Trinajstić information content (AvgIpc) is 3.05. The van der Waals surface area contributed by atoms with Crippen molar-refractivity contribution in [3.05, 3.63) is 95.6 Å². The molecule has 2 aliphatic rings. The van der Waals surface area contributed by atoms with E-state index in [1.165, 1.54) is 6.07 Å². The van der Waals surface area contributed by atoms with Crippen LogP contribution in [0.2, 0.25) is 0 Å². The number of hydrogen-bond acceptors (Lipinski definition) is 4. The number of pyridine rings is 1. The zero-order chi connectivity index (χ0) is 23.5. The lowest BCUT2D eigenvalue weighted by molar-refractivity contribution is 0.0438. The number of carbonyl (C=O) groups excluding carboxylic acids is 2. The van der Waals surface area contributed by atoms with Crippen molar-refractivity contribution in [2.45, 2.75) is 31.3 Å². The van der Waals surface area contributed by atoms with Crippen LogP contribution in [0.25, 0.3) is 0 Å². The molecule has 2 aliphatic heterocycles. The summed E-state index contributed by atoms with van der Waals surface area (Å²) in [6.45, 7) is 1.59. The first-order valence-electron chi connectivity index (χ1n) is 11.6. The van der Waals surface area contributed by atoms with E-state index in [0.29, 0.717) is 55.7 Å². The lowest BCUT2D eigenvalue weighted by atomic mass is 9.95. The number of ether oxygens (including phenoxy) is 1. The highest BCUT2D eigenvalue weighted by Gasteiger charge is 2.46. The topological polar surface area (TPSA) is 62.7 Å². The number of rotatable bonds is 4. The first-order chi connectivity index (χ1) is 16.5. The molecule has 34 heavy (non-hydrogen) atoms. The Morgan fingerprint density at radius 2 is 1.79 bits per heavy atom. The van der Waals surface area contributed by atoms with Gasteiger partial charge in [-0.1, -0.05) is 36.4 Å². The molecule has 2 saturated heterocycles. The number of hydrogen-bond donors (Lipinski definition) is 0. The van der Waals surface area contributed by atoms with Gasteiger partial charge in [-0.05, 0) is 48.7 Å². The summed E-state index contributed by atoms with van der Waals surface area (Å²) in [6, 6.07) is 19.6. The number of para-hydroxylation sites is 1. The Morgan fingerprint density at radius 3 is 2.56 bits per heavy atom. The lowest BCUT2D eigenvalue weighted by Gasteiger charge is -2.25. The van der Waals surface area contributed by atoms with Crippen LogP contribution >= 0.6 is 0 Å². The molecule has 0 radical (unpaired) electrons. The van der Waals surface area contributed by atoms with E-state index in [2.05, 4.69) is 4.98 Å². The number of likely N-dealkylation sites (tertiary alicyclic amines) is 1. The quantitative estimate of drug-likeness (QED) is 0.561. The zero-order valence-corrected chi connectivity index (χ0v) is 18.8. The molecule has 1 spiro atoms. The second kappa shape index (κ2) is 9.25. The van der Waals surface area contributed by atoms with Crippen LogP contribution in [-0.4, -0.2) is 47.1 Å². The Morgan fingerprint density at radius 1 is 1.00 bits per heavy atom. The van der Waals surface area contributed by atoms with Gasteiger partial charge in [-0.25, -0.2) is 9.18 Å². The summed E-state index contributed by atoms with van der Waals surface area (Å²) in [7, 11) is 0. The fourth-order valence-corrected chi connectivity index (χ4v) is 4.74. The first kappa shape index (κ1) is 22.1. The Hall–Kier alpha value is -3.74. The third-order valence-corrected chi connectivity index (χ3v) is 6.62. The van der Waals surface area contributed by atoms with E-state index >= 15 is 0 Å². The predicted octanol–water partition coefficient (Wildman–Crippen LogP) is 4.83. The van der Waals surface area contributed by atoms with E-state index in [1.54, 1.807) is 46.3 Å². The van der Waals surface area contributed by atoms with Crippen molar-refractivity contribution < 1.29 is 18.7 Å². The average molecular weight is 460 g/mol. The van der Waals surface area contributed by atoms with Gasteiger partial charge in [0, 0.05) is 43.5 Å². The molecule has 6 nitrogen and oxygen atoms in total. The molecule has 174 valence electrons. The van der Waals surface area contributed by atoms with Crippen molar-refractivity contribution >= 4 is 17.7 Å². The third kappa shape index (κ3) is 4.51. The molecule has 1 atom stereocenters. The Labute approximate surface area is 198 Å². The highest BCUT2D eigenvalue weighted by molar-refractivity contribution is 5.94. The number of halogens is 1. The Kier molecular flexibility index (Phi) is 6.01. The zero-order valence-electron chi connectivity index (χ0n) is 18.8. The maximum absolute atomic E-state index is 13.9. The van der Waals surface area contributed by atoms with Crippen LogP contribution in [0.15, 0.2) is 72.9 Å². The molecule has 0 saturated carbocycles. The van der Waals surface area contributed by atoms with Crippen molar-refractivity contribution in [1.82, 2.24) is 9.88 Å². The lowest BCUT2D eigenvalue weighted by Crippen LogP contribution is -2.37. The van der Waals surface area contributed by atoms with Gasteiger partial charge in [-0.3, -0.25) is 14.7 Å². The Bertz CT molecular complexity index is 1190. The van der Waals surface area contributed by atoms with Crippen molar-refractivity contribution in [2.24, 2.45) is 0 Å². The second-order valence-electron chi connectivity index (χ2n) is 8.92. The number of carbonyl (C=O) groups is 2. The van der Waals surface area contributed by atoms with Crippen LogP contribution in [0.1, 0.15) is 40.9 Å². The minimum atomic E-state index is -0.580. The van der Waals surface area contributed by atoms with E-state index < -0.39 is 5.60 Å². The highest BCUT2D eigenvalue weighted by Crippen LogP contribution is 2.36. The summed E-state index contributed by atoms with van der Waals surface area (Å²) in [6.07, 6.45) is 3.65. The maximum Gasteiger partial charge on any atom is 0.415 e. The van der Waals surface area contributed by atoms with Gasteiger partial charge >= 0.3 is 6.09 Å². The normalized spacial score (nSPS) is 20.3. The number of anilines is 1. The van der Waals surface area contributed by atoms with Gasteiger partial charge in [0.25, 0.3) is 5.91 Å². The molecule has 2 fully saturated rings. The summed E-state index contributed by atoms with van der Waals surface area (Å²) < 4.78 is 19.8. The molecule has 2 amide bonds. The number of benzene rings is 2. The summed E-state index contributed by atoms with van der Waals surface area (Å²) in [5.41, 5.74) is 2.02. The largest absolute Gasteiger partial charge is 0.441 e. The molecule has 1 unspecified atom stereocenters. The van der Waals surface area contributed by atoms with Gasteiger partial charge in [0.15, 0.2) is 0 Å². The molecule has 1 aromatic heterocycles. The molecule has 3 heterocycles. The van der Waals surface area contributed by atoms with E-state index in [-0.39, 0.29) is 17.8 Å². The van der Waals surface area contributed by atoms with Crippen molar-refractivity contribution in [3.63, 3.8) is 0 Å². The van der Waals surface area contributed by atoms with Gasteiger partial charge in [0.1, 0.15) is 11.4 Å². The van der Waals surface area contributed by atoms with Gasteiger partial charge in [0.05, 0.1) is 12.1 Å². The second-order valence-corrected chi connectivity index (χ2v) is 8.92. The molecule has 5 rings (SSSR count). The fraction of sp³-hybridized carbons (Fsp3) is 0.296. The molecule has 7 heteroatoms. The minimum Gasteiger partial charge on any atom is -0.441 e. The van der Waals surface area contributed by atoms with Crippen LogP contribution in [0.3, 0.4) is 0 Å². The minimum absolute atomic E-state index is 0.0915. The van der Waals surface area contributed by atoms with Gasteiger partial charge in [-0.15, -0.1) is 0 Å². The van der Waals surface area contributed by atoms with E-state index in [1.807, 2.05) is 30.3 Å². The highest BCUT2D eigenvalue weighted by atomic mass is 19.1. The van der Waals surface area contributed by atoms with E-state index in [9.17, 15) is 14.0 Å². The molecule has 0 N–H and O–H groups in total. The Balaban J connectivity index is 1.23. The predicted molar refractivity (Wildman–Crippen MR) is 126 cm³/mol. The van der Waals surface area contributed by atoms with Gasteiger partial charge in [0.2, 0.25) is 0 Å². The monoisotopic (exact) mass is 459 g/mol. The van der Waals surface area contributed by atoms with Crippen molar-refractivity contribution in [3.8, 4) is 0 Å². The molecule has 0 bridgehead atoms. The molecule has 2 aromatic carbocycles.